The summed E-state index contributed by atoms with van der Waals surface area (Å²) in [5.74, 6) is 0.637. The molecule has 0 bridgehead atoms. The summed E-state index contributed by atoms with van der Waals surface area (Å²) in [6.07, 6.45) is 7.20. The Morgan fingerprint density at radius 3 is 2.34 bits per heavy atom. The second-order valence-corrected chi connectivity index (χ2v) is 9.42. The molecule has 0 radical (unpaired) electrons. The van der Waals surface area contributed by atoms with Crippen molar-refractivity contribution in [3.8, 4) is 11.5 Å². The van der Waals surface area contributed by atoms with Crippen LogP contribution in [0.2, 0.25) is 0 Å². The summed E-state index contributed by atoms with van der Waals surface area (Å²) in [6.45, 7) is 2.89. The van der Waals surface area contributed by atoms with Crippen molar-refractivity contribution in [3.63, 3.8) is 0 Å². The van der Waals surface area contributed by atoms with E-state index in [2.05, 4.69) is 0 Å². The number of carbonyl (C=O) groups excluding carboxylic acids is 2. The van der Waals surface area contributed by atoms with Crippen molar-refractivity contribution >= 4 is 11.8 Å². The summed E-state index contributed by atoms with van der Waals surface area (Å²) in [6, 6.07) is 10.8. The van der Waals surface area contributed by atoms with E-state index in [4.69, 9.17) is 9.47 Å². The number of methoxy groups -OCH3 is 1. The molecule has 4 rings (SSSR count). The van der Waals surface area contributed by atoms with Crippen LogP contribution in [-0.4, -0.2) is 47.9 Å². The van der Waals surface area contributed by atoms with Crippen molar-refractivity contribution in [2.45, 2.75) is 70.5 Å². The molecule has 2 amide bonds. The van der Waals surface area contributed by atoms with Crippen LogP contribution in [0.5, 0.6) is 11.5 Å². The van der Waals surface area contributed by atoms with Crippen molar-refractivity contribution in [3.05, 3.63) is 59.4 Å². The normalized spacial score (nSPS) is 19.6. The second kappa shape index (κ2) is 11.6. The van der Waals surface area contributed by atoms with E-state index in [0.717, 1.165) is 37.7 Å². The fraction of sp³-hybridized carbons (Fsp3) is 0.500. The van der Waals surface area contributed by atoms with E-state index in [-0.39, 0.29) is 36.8 Å². The van der Waals surface area contributed by atoms with Gasteiger partial charge in [-0.2, -0.15) is 0 Å². The lowest BCUT2D eigenvalue weighted by Gasteiger charge is -2.43. The fourth-order valence-electron chi connectivity index (χ4n) is 5.10. The summed E-state index contributed by atoms with van der Waals surface area (Å²) in [5, 5.41) is 0. The third-order valence-electron chi connectivity index (χ3n) is 6.95. The van der Waals surface area contributed by atoms with E-state index in [1.165, 1.54) is 25.0 Å². The molecule has 0 spiro atoms. The molecule has 35 heavy (non-hydrogen) atoms. The molecule has 0 N–H and O–H groups in total. The standard InChI is InChI=1S/C28H35FN2O4/c1-3-16-35-24-15-12-21(17-25(24)34-2)27-28(33)30(23-8-6-4-5-7-9-23)19-26(32)31(27)18-20-10-13-22(29)14-11-20/h10-15,17,23,27H,3-9,16,18-19H2,1-2H3. The average molecular weight is 483 g/mol. The summed E-state index contributed by atoms with van der Waals surface area (Å²) in [4.78, 5) is 30.9. The predicted octanol–water partition coefficient (Wildman–Crippen LogP) is 5.26. The van der Waals surface area contributed by atoms with Gasteiger partial charge < -0.3 is 19.3 Å². The summed E-state index contributed by atoms with van der Waals surface area (Å²) >= 11 is 0. The van der Waals surface area contributed by atoms with Crippen molar-refractivity contribution in [1.82, 2.24) is 9.80 Å². The molecule has 1 saturated heterocycles. The number of benzene rings is 2. The lowest BCUT2D eigenvalue weighted by Crippen LogP contribution is -2.57. The van der Waals surface area contributed by atoms with Gasteiger partial charge in [0.2, 0.25) is 5.91 Å². The quantitative estimate of drug-likeness (QED) is 0.482. The highest BCUT2D eigenvalue weighted by atomic mass is 19.1. The zero-order valence-electron chi connectivity index (χ0n) is 20.7. The Morgan fingerprint density at radius 1 is 0.971 bits per heavy atom. The van der Waals surface area contributed by atoms with Crippen LogP contribution < -0.4 is 9.47 Å². The topological polar surface area (TPSA) is 59.1 Å². The van der Waals surface area contributed by atoms with Crippen molar-refractivity contribution in [2.24, 2.45) is 0 Å². The Bertz CT molecular complexity index is 1020. The molecule has 1 saturated carbocycles. The Morgan fingerprint density at radius 2 is 1.69 bits per heavy atom. The van der Waals surface area contributed by atoms with Crippen LogP contribution in [0.25, 0.3) is 0 Å². The van der Waals surface area contributed by atoms with E-state index in [9.17, 15) is 14.0 Å². The number of rotatable bonds is 8. The Kier molecular flexibility index (Phi) is 8.26. The molecule has 7 heteroatoms. The van der Waals surface area contributed by atoms with Gasteiger partial charge in [-0.25, -0.2) is 4.39 Å². The molecule has 6 nitrogen and oxygen atoms in total. The maximum absolute atomic E-state index is 14.0. The van der Waals surface area contributed by atoms with Crippen LogP contribution in [0.3, 0.4) is 0 Å². The van der Waals surface area contributed by atoms with Gasteiger partial charge in [-0.3, -0.25) is 9.59 Å². The second-order valence-electron chi connectivity index (χ2n) is 9.42. The van der Waals surface area contributed by atoms with E-state index < -0.39 is 6.04 Å². The number of carbonyl (C=O) groups is 2. The number of hydrogen-bond acceptors (Lipinski definition) is 4. The maximum atomic E-state index is 14.0. The van der Waals surface area contributed by atoms with Gasteiger partial charge in [0.05, 0.1) is 13.7 Å². The van der Waals surface area contributed by atoms with E-state index in [1.807, 2.05) is 19.1 Å². The van der Waals surface area contributed by atoms with Gasteiger partial charge in [0.15, 0.2) is 11.5 Å². The molecule has 1 aliphatic heterocycles. The van der Waals surface area contributed by atoms with E-state index in [0.29, 0.717) is 23.7 Å². The molecule has 2 fully saturated rings. The number of ether oxygens (including phenoxy) is 2. The molecule has 1 heterocycles. The van der Waals surface area contributed by atoms with Crippen LogP contribution in [0.4, 0.5) is 4.39 Å². The molecule has 2 aliphatic rings. The van der Waals surface area contributed by atoms with Crippen LogP contribution in [-0.2, 0) is 16.1 Å². The number of hydrogen-bond donors (Lipinski definition) is 0. The highest BCUT2D eigenvalue weighted by molar-refractivity contribution is 5.96. The SMILES string of the molecule is CCCOc1ccc(C2C(=O)N(C3CCCCCC3)CC(=O)N2Cc2ccc(F)cc2)cc1OC. The fourth-order valence-corrected chi connectivity index (χ4v) is 5.10. The molecule has 1 atom stereocenters. The van der Waals surface area contributed by atoms with Gasteiger partial charge in [-0.15, -0.1) is 0 Å². The maximum Gasteiger partial charge on any atom is 0.250 e. The first kappa shape index (κ1) is 25.0. The van der Waals surface area contributed by atoms with E-state index in [1.54, 1.807) is 35.1 Å². The molecule has 188 valence electrons. The summed E-state index contributed by atoms with van der Waals surface area (Å²) in [5.41, 5.74) is 1.46. The van der Waals surface area contributed by atoms with Crippen LogP contribution in [0.15, 0.2) is 42.5 Å². The monoisotopic (exact) mass is 482 g/mol. The Balaban J connectivity index is 1.69. The van der Waals surface area contributed by atoms with Crippen molar-refractivity contribution in [2.75, 3.05) is 20.3 Å². The molecule has 0 aromatic heterocycles. The van der Waals surface area contributed by atoms with Crippen LogP contribution in [0, 0.1) is 5.82 Å². The number of halogens is 1. The van der Waals surface area contributed by atoms with Crippen molar-refractivity contribution < 1.29 is 23.5 Å². The molecular weight excluding hydrogens is 447 g/mol. The lowest BCUT2D eigenvalue weighted by atomic mass is 9.96. The highest BCUT2D eigenvalue weighted by Crippen LogP contribution is 2.37. The summed E-state index contributed by atoms with van der Waals surface area (Å²) < 4.78 is 24.8. The first-order chi connectivity index (χ1) is 17.0. The van der Waals surface area contributed by atoms with E-state index >= 15 is 0 Å². The minimum Gasteiger partial charge on any atom is -0.493 e. The highest BCUT2D eigenvalue weighted by Gasteiger charge is 2.43. The molecule has 1 aliphatic carbocycles. The summed E-state index contributed by atoms with van der Waals surface area (Å²) in [7, 11) is 1.57. The zero-order chi connectivity index (χ0) is 24.8. The lowest BCUT2D eigenvalue weighted by molar-refractivity contribution is -0.159. The van der Waals surface area contributed by atoms with Crippen LogP contribution >= 0.6 is 0 Å². The van der Waals surface area contributed by atoms with Crippen LogP contribution in [0.1, 0.15) is 69.0 Å². The Hall–Kier alpha value is -3.09. The molecule has 2 aromatic rings. The minimum atomic E-state index is -0.779. The first-order valence-corrected chi connectivity index (χ1v) is 12.7. The molecule has 2 aromatic carbocycles. The number of amides is 2. The van der Waals surface area contributed by atoms with Gasteiger partial charge in [-0.05, 0) is 54.7 Å². The van der Waals surface area contributed by atoms with Gasteiger partial charge in [0.1, 0.15) is 18.4 Å². The third-order valence-corrected chi connectivity index (χ3v) is 6.95. The van der Waals surface area contributed by atoms with Crippen molar-refractivity contribution in [1.29, 1.82) is 0 Å². The van der Waals surface area contributed by atoms with Gasteiger partial charge >= 0.3 is 0 Å². The van der Waals surface area contributed by atoms with Gasteiger partial charge in [0.25, 0.3) is 5.91 Å². The minimum absolute atomic E-state index is 0.0668. The average Bonchev–Trinajstić information content (AvgIpc) is 3.16. The number of nitrogens with zero attached hydrogens (tertiary/aromatic N) is 2. The third kappa shape index (κ3) is 5.77. The smallest absolute Gasteiger partial charge is 0.250 e. The van der Waals surface area contributed by atoms with Gasteiger partial charge in [-0.1, -0.05) is 50.8 Å². The number of piperazine rings is 1. The Labute approximate surface area is 207 Å². The van der Waals surface area contributed by atoms with Gasteiger partial charge in [0, 0.05) is 12.6 Å². The predicted molar refractivity (Wildman–Crippen MR) is 132 cm³/mol. The molecular formula is C28H35FN2O4. The largest absolute Gasteiger partial charge is 0.493 e. The molecule has 1 unspecified atom stereocenters. The zero-order valence-corrected chi connectivity index (χ0v) is 20.7. The first-order valence-electron chi connectivity index (χ1n) is 12.7.